The highest BCUT2D eigenvalue weighted by Crippen LogP contribution is 2.10. The number of hydrogen-bond acceptors (Lipinski definition) is 4. The molecule has 0 saturated heterocycles. The normalized spacial score (nSPS) is 21.9. The van der Waals surface area contributed by atoms with E-state index in [0.29, 0.717) is 0 Å². The van der Waals surface area contributed by atoms with E-state index in [1.165, 1.54) is 25.5 Å². The third kappa shape index (κ3) is 1.52. The van der Waals surface area contributed by atoms with Gasteiger partial charge in [0.05, 0.1) is 13.4 Å². The zero-order valence-corrected chi connectivity index (χ0v) is 5.98. The van der Waals surface area contributed by atoms with E-state index < -0.39 is 12.1 Å². The molecule has 60 valence electrons. The number of aliphatic hydroxyl groups is 1. The Morgan fingerprint density at radius 1 is 1.82 bits per heavy atom. The highest BCUT2D eigenvalue weighted by Gasteiger charge is 2.25. The first-order chi connectivity index (χ1) is 5.25. The number of hydrogen-bond donors (Lipinski definition) is 1. The number of carbonyl (C=O) groups excluding carboxylic acids is 1. The quantitative estimate of drug-likeness (QED) is 0.562. The molecule has 1 atom stereocenters. The number of aliphatic hydroxyl groups excluding tert-OH is 1. The van der Waals surface area contributed by atoms with Crippen LogP contribution in [-0.4, -0.2) is 24.3 Å². The van der Waals surface area contributed by atoms with E-state index in [1.807, 2.05) is 0 Å². The Morgan fingerprint density at radius 3 is 3.09 bits per heavy atom. The molecule has 1 heterocycles. The molecule has 0 fully saturated rings. The minimum absolute atomic E-state index is 0.139. The van der Waals surface area contributed by atoms with Gasteiger partial charge in [0.25, 0.3) is 6.10 Å². The molecule has 1 rings (SSSR count). The Morgan fingerprint density at radius 2 is 2.55 bits per heavy atom. The van der Waals surface area contributed by atoms with Gasteiger partial charge in [0.2, 0.25) is 0 Å². The first kappa shape index (κ1) is 7.65. The minimum Gasteiger partial charge on any atom is -0.508 e. The summed E-state index contributed by atoms with van der Waals surface area (Å²) in [6.45, 7) is 0. The molecular formula is C7H8O4. The van der Waals surface area contributed by atoms with Crippen LogP contribution in [0.4, 0.5) is 0 Å². The molecule has 1 unspecified atom stereocenters. The third-order valence-corrected chi connectivity index (χ3v) is 1.24. The van der Waals surface area contributed by atoms with E-state index in [4.69, 9.17) is 9.84 Å². The maximum Gasteiger partial charge on any atom is 0.355 e. The summed E-state index contributed by atoms with van der Waals surface area (Å²) in [4.78, 5) is 10.8. The largest absolute Gasteiger partial charge is 0.508 e. The molecule has 4 heteroatoms. The standard InChI is InChI=1S/C7H8O4/c1-10-7(9)6-5(8)3-2-4-11-6/h2-4,6,8H,1H3. The maximum atomic E-state index is 10.8. The highest BCUT2D eigenvalue weighted by atomic mass is 16.6. The third-order valence-electron chi connectivity index (χ3n) is 1.24. The molecule has 0 aliphatic carbocycles. The van der Waals surface area contributed by atoms with E-state index in [2.05, 4.69) is 4.74 Å². The van der Waals surface area contributed by atoms with Crippen molar-refractivity contribution < 1.29 is 19.4 Å². The van der Waals surface area contributed by atoms with Crippen LogP contribution < -0.4 is 0 Å². The van der Waals surface area contributed by atoms with Crippen molar-refractivity contribution in [1.82, 2.24) is 0 Å². The second-order valence-corrected chi connectivity index (χ2v) is 1.96. The highest BCUT2D eigenvalue weighted by molar-refractivity contribution is 5.78. The van der Waals surface area contributed by atoms with Crippen molar-refractivity contribution in [2.75, 3.05) is 7.11 Å². The molecule has 0 amide bonds. The monoisotopic (exact) mass is 156 g/mol. The van der Waals surface area contributed by atoms with Gasteiger partial charge in [-0.2, -0.15) is 0 Å². The van der Waals surface area contributed by atoms with Crippen molar-refractivity contribution in [2.24, 2.45) is 0 Å². The number of ether oxygens (including phenoxy) is 2. The summed E-state index contributed by atoms with van der Waals surface area (Å²) in [5, 5.41) is 9.05. The van der Waals surface area contributed by atoms with E-state index in [1.54, 1.807) is 0 Å². The van der Waals surface area contributed by atoms with Gasteiger partial charge in [-0.1, -0.05) is 0 Å². The second kappa shape index (κ2) is 3.09. The minimum atomic E-state index is -0.995. The number of methoxy groups -OCH3 is 1. The maximum absolute atomic E-state index is 10.8. The molecule has 0 saturated carbocycles. The second-order valence-electron chi connectivity index (χ2n) is 1.96. The lowest BCUT2D eigenvalue weighted by molar-refractivity contribution is -0.150. The number of rotatable bonds is 1. The van der Waals surface area contributed by atoms with Crippen LogP contribution in [0.15, 0.2) is 24.2 Å². The van der Waals surface area contributed by atoms with Gasteiger partial charge < -0.3 is 14.6 Å². The molecule has 1 aliphatic heterocycles. The van der Waals surface area contributed by atoms with Crippen LogP contribution in [0, 0.1) is 0 Å². The first-order valence-electron chi connectivity index (χ1n) is 3.04. The fraction of sp³-hybridized carbons (Fsp3) is 0.286. The molecule has 0 spiro atoms. The van der Waals surface area contributed by atoms with Crippen LogP contribution in [-0.2, 0) is 14.3 Å². The fourth-order valence-corrected chi connectivity index (χ4v) is 0.702. The van der Waals surface area contributed by atoms with Gasteiger partial charge in [-0.15, -0.1) is 0 Å². The molecule has 0 bridgehead atoms. The average molecular weight is 156 g/mol. The van der Waals surface area contributed by atoms with Crippen molar-refractivity contribution >= 4 is 5.97 Å². The van der Waals surface area contributed by atoms with Gasteiger partial charge in [-0.3, -0.25) is 0 Å². The van der Waals surface area contributed by atoms with Crippen molar-refractivity contribution in [3.63, 3.8) is 0 Å². The Hall–Kier alpha value is -1.45. The number of esters is 1. The Bertz CT molecular complexity index is 216. The summed E-state index contributed by atoms with van der Waals surface area (Å²) in [6, 6.07) is 0. The Labute approximate surface area is 63.7 Å². The van der Waals surface area contributed by atoms with Gasteiger partial charge in [-0.05, 0) is 12.2 Å². The lowest BCUT2D eigenvalue weighted by Gasteiger charge is -2.15. The van der Waals surface area contributed by atoms with Crippen LogP contribution in [0.2, 0.25) is 0 Å². The molecule has 1 aliphatic rings. The lowest BCUT2D eigenvalue weighted by atomic mass is 10.2. The summed E-state index contributed by atoms with van der Waals surface area (Å²) < 4.78 is 9.13. The topological polar surface area (TPSA) is 55.8 Å². The van der Waals surface area contributed by atoms with Crippen LogP contribution in [0.1, 0.15) is 0 Å². The van der Waals surface area contributed by atoms with Gasteiger partial charge in [0.15, 0.2) is 0 Å². The van der Waals surface area contributed by atoms with E-state index in [-0.39, 0.29) is 5.76 Å². The molecule has 0 aromatic rings. The van der Waals surface area contributed by atoms with Crippen molar-refractivity contribution in [1.29, 1.82) is 0 Å². The average Bonchev–Trinajstić information content (AvgIpc) is 2.04. The van der Waals surface area contributed by atoms with Gasteiger partial charge in [-0.25, -0.2) is 4.79 Å². The predicted octanol–water partition coefficient (Wildman–Crippen LogP) is 0.514. The van der Waals surface area contributed by atoms with E-state index in [0.717, 1.165) is 0 Å². The Kier molecular flexibility index (Phi) is 2.15. The van der Waals surface area contributed by atoms with Crippen LogP contribution >= 0.6 is 0 Å². The molecule has 1 N–H and O–H groups in total. The van der Waals surface area contributed by atoms with Gasteiger partial charge in [0, 0.05) is 0 Å². The molecule has 0 aromatic heterocycles. The molecule has 11 heavy (non-hydrogen) atoms. The first-order valence-corrected chi connectivity index (χ1v) is 3.04. The molecular weight excluding hydrogens is 148 g/mol. The summed E-state index contributed by atoms with van der Waals surface area (Å²) in [5.41, 5.74) is 0. The van der Waals surface area contributed by atoms with Gasteiger partial charge >= 0.3 is 5.97 Å². The fourth-order valence-electron chi connectivity index (χ4n) is 0.702. The van der Waals surface area contributed by atoms with Gasteiger partial charge in [0.1, 0.15) is 5.76 Å². The van der Waals surface area contributed by atoms with E-state index in [9.17, 15) is 4.79 Å². The lowest BCUT2D eigenvalue weighted by Crippen LogP contribution is -2.27. The van der Waals surface area contributed by atoms with Crippen LogP contribution in [0.3, 0.4) is 0 Å². The molecule has 0 aromatic carbocycles. The number of carbonyl (C=O) groups is 1. The van der Waals surface area contributed by atoms with Crippen molar-refractivity contribution in [2.45, 2.75) is 6.10 Å². The summed E-state index contributed by atoms with van der Waals surface area (Å²) in [7, 11) is 1.23. The van der Waals surface area contributed by atoms with Crippen molar-refractivity contribution in [3.05, 3.63) is 24.2 Å². The molecule has 0 radical (unpaired) electrons. The zero-order valence-electron chi connectivity index (χ0n) is 5.98. The summed E-state index contributed by atoms with van der Waals surface area (Å²) in [6.07, 6.45) is 3.20. The van der Waals surface area contributed by atoms with Crippen LogP contribution in [0.25, 0.3) is 0 Å². The number of allylic oxidation sites excluding steroid dienone is 2. The predicted molar refractivity (Wildman–Crippen MR) is 36.7 cm³/mol. The zero-order chi connectivity index (χ0) is 8.27. The van der Waals surface area contributed by atoms with E-state index >= 15 is 0 Å². The summed E-state index contributed by atoms with van der Waals surface area (Å²) >= 11 is 0. The summed E-state index contributed by atoms with van der Waals surface area (Å²) in [5.74, 6) is -0.748. The molecule has 4 nitrogen and oxygen atoms in total. The van der Waals surface area contributed by atoms with Crippen molar-refractivity contribution in [3.8, 4) is 0 Å². The SMILES string of the molecule is COC(=O)C1OC=CC=C1O. The van der Waals surface area contributed by atoms with Crippen LogP contribution in [0.5, 0.6) is 0 Å². The Balaban J connectivity index is 2.68. The smallest absolute Gasteiger partial charge is 0.355 e.